The molecule has 2 aromatic rings. The Kier molecular flexibility index (Phi) is 4.34. The summed E-state index contributed by atoms with van der Waals surface area (Å²) in [4.78, 5) is 28.2. The largest absolute Gasteiger partial charge is 0.277 e. The molecule has 0 aliphatic carbocycles. The quantitative estimate of drug-likeness (QED) is 0.813. The van der Waals surface area contributed by atoms with E-state index in [0.717, 1.165) is 6.42 Å². The molecule has 6 nitrogen and oxygen atoms in total. The Morgan fingerprint density at radius 1 is 1.30 bits per heavy atom. The van der Waals surface area contributed by atoms with Gasteiger partial charge in [-0.2, -0.15) is 0 Å². The van der Waals surface area contributed by atoms with Crippen molar-refractivity contribution in [3.05, 3.63) is 34.6 Å². The van der Waals surface area contributed by atoms with Gasteiger partial charge >= 0.3 is 0 Å². The number of nitrogens with one attached hydrogen (secondary N) is 2. The molecule has 1 aromatic heterocycles. The van der Waals surface area contributed by atoms with E-state index in [1.165, 1.54) is 4.57 Å². The Morgan fingerprint density at radius 3 is 2.75 bits per heavy atom. The summed E-state index contributed by atoms with van der Waals surface area (Å²) < 4.78 is 1.49. The van der Waals surface area contributed by atoms with Gasteiger partial charge in [0, 0.05) is 13.0 Å². The Balaban J connectivity index is 2.37. The van der Waals surface area contributed by atoms with E-state index in [9.17, 15) is 9.59 Å². The summed E-state index contributed by atoms with van der Waals surface area (Å²) in [5.74, 6) is 0.221. The van der Waals surface area contributed by atoms with Crippen LogP contribution < -0.4 is 16.4 Å². The Labute approximate surface area is 116 Å². The van der Waals surface area contributed by atoms with Crippen molar-refractivity contribution in [2.24, 2.45) is 0 Å². The second-order valence-corrected chi connectivity index (χ2v) is 4.43. The second kappa shape index (κ2) is 6.18. The minimum Gasteiger partial charge on any atom is -0.277 e. The molecule has 2 rings (SSSR count). The van der Waals surface area contributed by atoms with E-state index in [-0.39, 0.29) is 11.5 Å². The van der Waals surface area contributed by atoms with Crippen LogP contribution in [0.3, 0.4) is 0 Å². The number of hydrogen-bond donors (Lipinski definition) is 2. The lowest BCUT2D eigenvalue weighted by molar-refractivity contribution is -0.120. The molecule has 0 radical (unpaired) electrons. The Morgan fingerprint density at radius 2 is 2.05 bits per heavy atom. The van der Waals surface area contributed by atoms with Crippen LogP contribution in [0.15, 0.2) is 29.1 Å². The molecular weight excluding hydrogens is 256 g/mol. The molecule has 0 unspecified atom stereocenters. The number of carbonyl (C=O) groups is 1. The SMILES string of the molecule is CCCC(=O)NNc1nc2ccccc2c(=O)n1CC. The number of hydrogen-bond acceptors (Lipinski definition) is 4. The molecule has 1 heterocycles. The van der Waals surface area contributed by atoms with Crippen molar-refractivity contribution in [3.63, 3.8) is 0 Å². The van der Waals surface area contributed by atoms with E-state index < -0.39 is 0 Å². The van der Waals surface area contributed by atoms with Crippen molar-refractivity contribution in [2.45, 2.75) is 33.2 Å². The van der Waals surface area contributed by atoms with Crippen molar-refractivity contribution in [2.75, 3.05) is 5.43 Å². The zero-order valence-electron chi connectivity index (χ0n) is 11.6. The molecule has 0 atom stereocenters. The summed E-state index contributed by atoms with van der Waals surface area (Å²) in [6, 6.07) is 7.15. The zero-order chi connectivity index (χ0) is 14.5. The van der Waals surface area contributed by atoms with E-state index in [4.69, 9.17) is 0 Å². The van der Waals surface area contributed by atoms with Crippen LogP contribution >= 0.6 is 0 Å². The number of anilines is 1. The molecule has 0 spiro atoms. The van der Waals surface area contributed by atoms with Crippen LogP contribution in [0.2, 0.25) is 0 Å². The predicted octanol–water partition coefficient (Wildman–Crippen LogP) is 1.66. The van der Waals surface area contributed by atoms with Crippen molar-refractivity contribution < 1.29 is 4.79 Å². The Bertz CT molecular complexity index is 678. The van der Waals surface area contributed by atoms with Crippen LogP contribution in [0.5, 0.6) is 0 Å². The summed E-state index contributed by atoms with van der Waals surface area (Å²) in [6.45, 7) is 4.26. The van der Waals surface area contributed by atoms with Gasteiger partial charge in [0.25, 0.3) is 5.56 Å². The van der Waals surface area contributed by atoms with Crippen LogP contribution in [-0.4, -0.2) is 15.5 Å². The third-order valence-electron chi connectivity index (χ3n) is 2.97. The highest BCUT2D eigenvalue weighted by Crippen LogP contribution is 2.10. The lowest BCUT2D eigenvalue weighted by Gasteiger charge is -2.13. The fraction of sp³-hybridized carbons (Fsp3) is 0.357. The average molecular weight is 274 g/mol. The number of benzene rings is 1. The number of amides is 1. The molecule has 106 valence electrons. The number of aromatic nitrogens is 2. The van der Waals surface area contributed by atoms with Gasteiger partial charge < -0.3 is 0 Å². The normalized spacial score (nSPS) is 10.5. The summed E-state index contributed by atoms with van der Waals surface area (Å²) >= 11 is 0. The molecule has 0 bridgehead atoms. The standard InChI is InChI=1S/C14H18N4O2/c1-3-7-12(19)16-17-14-15-11-9-6-5-8-10(11)13(20)18(14)4-2/h5-6,8-9H,3-4,7H2,1-2H3,(H,15,17)(H,16,19). The molecule has 0 aliphatic heterocycles. The fourth-order valence-corrected chi connectivity index (χ4v) is 1.97. The second-order valence-electron chi connectivity index (χ2n) is 4.43. The Hall–Kier alpha value is -2.37. The van der Waals surface area contributed by atoms with Crippen molar-refractivity contribution >= 4 is 22.8 Å². The van der Waals surface area contributed by atoms with E-state index in [1.807, 2.05) is 26.0 Å². The predicted molar refractivity (Wildman–Crippen MR) is 78.4 cm³/mol. The number of fused-ring (bicyclic) bond motifs is 1. The lowest BCUT2D eigenvalue weighted by atomic mass is 10.2. The smallest absolute Gasteiger partial charge is 0.262 e. The van der Waals surface area contributed by atoms with Gasteiger partial charge in [0.1, 0.15) is 0 Å². The van der Waals surface area contributed by atoms with E-state index in [2.05, 4.69) is 15.8 Å². The third-order valence-corrected chi connectivity index (χ3v) is 2.97. The van der Waals surface area contributed by atoms with Gasteiger partial charge in [-0.1, -0.05) is 19.1 Å². The molecule has 1 aromatic carbocycles. The maximum Gasteiger partial charge on any atom is 0.262 e. The van der Waals surface area contributed by atoms with Crippen molar-refractivity contribution in [3.8, 4) is 0 Å². The van der Waals surface area contributed by atoms with Gasteiger partial charge in [-0.25, -0.2) is 4.98 Å². The maximum atomic E-state index is 12.3. The molecule has 1 amide bonds. The van der Waals surface area contributed by atoms with Crippen molar-refractivity contribution in [1.82, 2.24) is 15.0 Å². The van der Waals surface area contributed by atoms with Gasteiger partial charge in [0.05, 0.1) is 10.9 Å². The van der Waals surface area contributed by atoms with Gasteiger partial charge in [-0.15, -0.1) is 0 Å². The third kappa shape index (κ3) is 2.79. The van der Waals surface area contributed by atoms with Crippen molar-refractivity contribution in [1.29, 1.82) is 0 Å². The van der Waals surface area contributed by atoms with Crippen LogP contribution in [0, 0.1) is 0 Å². The fourth-order valence-electron chi connectivity index (χ4n) is 1.97. The minimum absolute atomic E-state index is 0.120. The molecule has 0 fully saturated rings. The van der Waals surface area contributed by atoms with E-state index in [1.54, 1.807) is 12.1 Å². The molecule has 0 saturated carbocycles. The highest BCUT2D eigenvalue weighted by molar-refractivity contribution is 5.79. The summed E-state index contributed by atoms with van der Waals surface area (Å²) in [5.41, 5.74) is 5.78. The van der Waals surface area contributed by atoms with Crippen LogP contribution in [-0.2, 0) is 11.3 Å². The first kappa shape index (κ1) is 14.0. The summed E-state index contributed by atoms with van der Waals surface area (Å²) in [6.07, 6.45) is 1.19. The number of carbonyl (C=O) groups excluding carboxylic acids is 1. The van der Waals surface area contributed by atoms with Gasteiger partial charge in [-0.3, -0.25) is 25.0 Å². The van der Waals surface area contributed by atoms with Crippen LogP contribution in [0.4, 0.5) is 5.95 Å². The van der Waals surface area contributed by atoms with E-state index >= 15 is 0 Å². The summed E-state index contributed by atoms with van der Waals surface area (Å²) in [7, 11) is 0. The first-order chi connectivity index (χ1) is 9.67. The lowest BCUT2D eigenvalue weighted by Crippen LogP contribution is -2.34. The van der Waals surface area contributed by atoms with E-state index in [0.29, 0.717) is 29.8 Å². The van der Waals surface area contributed by atoms with Crippen LogP contribution in [0.1, 0.15) is 26.7 Å². The minimum atomic E-state index is -0.127. The summed E-state index contributed by atoms with van der Waals surface area (Å²) in [5, 5.41) is 0.569. The maximum absolute atomic E-state index is 12.3. The monoisotopic (exact) mass is 274 g/mol. The first-order valence-corrected chi connectivity index (χ1v) is 6.71. The molecular formula is C14H18N4O2. The van der Waals surface area contributed by atoms with Gasteiger partial charge in [0.15, 0.2) is 0 Å². The van der Waals surface area contributed by atoms with Crippen LogP contribution in [0.25, 0.3) is 10.9 Å². The highest BCUT2D eigenvalue weighted by atomic mass is 16.2. The zero-order valence-corrected chi connectivity index (χ0v) is 11.6. The van der Waals surface area contributed by atoms with Gasteiger partial charge in [0.2, 0.25) is 11.9 Å². The molecule has 0 aliphatic rings. The number of rotatable bonds is 5. The molecule has 2 N–H and O–H groups in total. The number of para-hydroxylation sites is 1. The highest BCUT2D eigenvalue weighted by Gasteiger charge is 2.09. The molecule has 0 saturated heterocycles. The molecule has 20 heavy (non-hydrogen) atoms. The number of nitrogens with zero attached hydrogens (tertiary/aromatic N) is 2. The topological polar surface area (TPSA) is 76.0 Å². The number of hydrazine groups is 1. The first-order valence-electron chi connectivity index (χ1n) is 6.71. The molecule has 6 heteroatoms. The average Bonchev–Trinajstić information content (AvgIpc) is 2.46. The van der Waals surface area contributed by atoms with Gasteiger partial charge in [-0.05, 0) is 25.5 Å².